The molecule has 0 N–H and O–H groups in total. The largest absolute Gasteiger partial charge is 0.461 e. The van der Waals surface area contributed by atoms with Gasteiger partial charge in [-0.05, 0) is 6.07 Å². The Bertz CT molecular complexity index is 497. The maximum absolute atomic E-state index is 11.8. The van der Waals surface area contributed by atoms with Gasteiger partial charge in [-0.15, -0.1) is 0 Å². The number of Topliss-reactive ketones (excluding diaryl/α,β-unsaturated/α-hetero) is 1. The molecule has 0 aliphatic rings. The van der Waals surface area contributed by atoms with Gasteiger partial charge in [0.1, 0.15) is 0 Å². The van der Waals surface area contributed by atoms with E-state index in [0.717, 1.165) is 0 Å². The Morgan fingerprint density at radius 2 is 1.94 bits per heavy atom. The quantitative estimate of drug-likeness (QED) is 0.580. The van der Waals surface area contributed by atoms with Crippen LogP contribution in [0.1, 0.15) is 26.5 Å². The number of benzene rings is 1. The van der Waals surface area contributed by atoms with Crippen molar-refractivity contribution in [2.45, 2.75) is 6.42 Å². The molecule has 0 bridgehead atoms. The van der Waals surface area contributed by atoms with Crippen LogP contribution in [0.3, 0.4) is 0 Å². The van der Waals surface area contributed by atoms with Crippen molar-refractivity contribution in [2.75, 3.05) is 0 Å². The molecule has 0 saturated carbocycles. The van der Waals surface area contributed by atoms with Gasteiger partial charge in [0, 0.05) is 17.5 Å². The van der Waals surface area contributed by atoms with Gasteiger partial charge in [-0.25, -0.2) is 0 Å². The van der Waals surface area contributed by atoms with Crippen LogP contribution in [0, 0.1) is 0 Å². The summed E-state index contributed by atoms with van der Waals surface area (Å²) in [7, 11) is 0. The van der Waals surface area contributed by atoms with E-state index in [-0.39, 0.29) is 18.0 Å². The highest BCUT2D eigenvalue weighted by Gasteiger charge is 2.11. The molecule has 2 rings (SSSR count). The lowest BCUT2D eigenvalue weighted by Crippen LogP contribution is -2.03. The van der Waals surface area contributed by atoms with Crippen LogP contribution in [0.4, 0.5) is 0 Å². The maximum atomic E-state index is 11.8. The molecule has 0 fully saturated rings. The standard InChI is InChI=1S/C13H10O3/c14-9-13-11(6-7-16-13)8-12(15)10-4-2-1-3-5-10/h1-7,9H,8H2. The number of aldehydes is 1. The lowest BCUT2D eigenvalue weighted by Gasteiger charge is -1.98. The third kappa shape index (κ3) is 2.08. The first-order chi connectivity index (χ1) is 7.81. The summed E-state index contributed by atoms with van der Waals surface area (Å²) in [6.45, 7) is 0. The molecule has 0 aliphatic carbocycles. The average Bonchev–Trinajstić information content (AvgIpc) is 2.77. The van der Waals surface area contributed by atoms with Crippen LogP contribution >= 0.6 is 0 Å². The minimum absolute atomic E-state index is 0.0231. The SMILES string of the molecule is O=Cc1occc1CC(=O)c1ccccc1. The number of ketones is 1. The molecule has 16 heavy (non-hydrogen) atoms. The van der Waals surface area contributed by atoms with Gasteiger partial charge in [0.2, 0.25) is 0 Å². The number of hydrogen-bond acceptors (Lipinski definition) is 3. The van der Waals surface area contributed by atoms with Crippen molar-refractivity contribution in [1.82, 2.24) is 0 Å². The first-order valence-electron chi connectivity index (χ1n) is 4.91. The molecule has 0 spiro atoms. The van der Waals surface area contributed by atoms with Crippen LogP contribution in [0.5, 0.6) is 0 Å². The third-order valence-electron chi connectivity index (χ3n) is 2.33. The van der Waals surface area contributed by atoms with E-state index in [1.165, 1.54) is 6.26 Å². The van der Waals surface area contributed by atoms with Gasteiger partial charge >= 0.3 is 0 Å². The van der Waals surface area contributed by atoms with Gasteiger partial charge in [-0.2, -0.15) is 0 Å². The van der Waals surface area contributed by atoms with Gasteiger partial charge in [0.25, 0.3) is 0 Å². The van der Waals surface area contributed by atoms with Crippen molar-refractivity contribution in [3.05, 3.63) is 59.5 Å². The molecule has 0 unspecified atom stereocenters. The molecule has 0 saturated heterocycles. The fourth-order valence-electron chi connectivity index (χ4n) is 1.50. The monoisotopic (exact) mass is 214 g/mol. The van der Waals surface area contributed by atoms with Crippen LogP contribution in [-0.4, -0.2) is 12.1 Å². The van der Waals surface area contributed by atoms with E-state index in [9.17, 15) is 9.59 Å². The van der Waals surface area contributed by atoms with Crippen LogP contribution in [0.2, 0.25) is 0 Å². The molecule has 80 valence electrons. The van der Waals surface area contributed by atoms with Crippen LogP contribution in [-0.2, 0) is 6.42 Å². The lowest BCUT2D eigenvalue weighted by molar-refractivity contribution is 0.0992. The highest BCUT2D eigenvalue weighted by molar-refractivity contribution is 5.98. The average molecular weight is 214 g/mol. The predicted molar refractivity (Wildman–Crippen MR) is 58.6 cm³/mol. The zero-order valence-electron chi connectivity index (χ0n) is 8.55. The Labute approximate surface area is 92.7 Å². The Morgan fingerprint density at radius 3 is 2.62 bits per heavy atom. The van der Waals surface area contributed by atoms with E-state index in [4.69, 9.17) is 4.42 Å². The summed E-state index contributed by atoms with van der Waals surface area (Å²) >= 11 is 0. The van der Waals surface area contributed by atoms with Crippen molar-refractivity contribution < 1.29 is 14.0 Å². The second-order valence-electron chi connectivity index (χ2n) is 3.39. The van der Waals surface area contributed by atoms with E-state index in [2.05, 4.69) is 0 Å². The summed E-state index contributed by atoms with van der Waals surface area (Å²) in [6, 6.07) is 10.6. The van der Waals surface area contributed by atoms with E-state index < -0.39 is 0 Å². The highest BCUT2D eigenvalue weighted by Crippen LogP contribution is 2.12. The zero-order chi connectivity index (χ0) is 11.4. The Kier molecular flexibility index (Phi) is 2.96. The lowest BCUT2D eigenvalue weighted by atomic mass is 10.0. The van der Waals surface area contributed by atoms with Gasteiger partial charge < -0.3 is 4.42 Å². The first-order valence-corrected chi connectivity index (χ1v) is 4.91. The van der Waals surface area contributed by atoms with Gasteiger partial charge in [0.05, 0.1) is 6.26 Å². The second kappa shape index (κ2) is 4.57. The molecular formula is C13H10O3. The van der Waals surface area contributed by atoms with Crippen molar-refractivity contribution >= 4 is 12.1 Å². The Balaban J connectivity index is 2.17. The van der Waals surface area contributed by atoms with Crippen LogP contribution < -0.4 is 0 Å². The highest BCUT2D eigenvalue weighted by atomic mass is 16.3. The second-order valence-corrected chi connectivity index (χ2v) is 3.39. The Morgan fingerprint density at radius 1 is 1.19 bits per heavy atom. The van der Waals surface area contributed by atoms with Crippen molar-refractivity contribution in [1.29, 1.82) is 0 Å². The molecule has 0 radical (unpaired) electrons. The van der Waals surface area contributed by atoms with E-state index >= 15 is 0 Å². The molecule has 3 heteroatoms. The molecule has 0 aliphatic heterocycles. The molecule has 0 amide bonds. The summed E-state index contributed by atoms with van der Waals surface area (Å²) in [6.07, 6.45) is 2.22. The molecule has 1 aromatic carbocycles. The molecule has 1 heterocycles. The fraction of sp³-hybridized carbons (Fsp3) is 0.0769. The predicted octanol–water partition coefficient (Wildman–Crippen LogP) is 2.52. The van der Waals surface area contributed by atoms with Crippen LogP contribution in [0.15, 0.2) is 47.1 Å². The molecule has 3 nitrogen and oxygen atoms in total. The number of hydrogen-bond donors (Lipinski definition) is 0. The molecule has 2 aromatic rings. The zero-order valence-corrected chi connectivity index (χ0v) is 8.55. The molecule has 0 atom stereocenters. The summed E-state index contributed by atoms with van der Waals surface area (Å²) in [5.41, 5.74) is 1.27. The number of carbonyl (C=O) groups excluding carboxylic acids is 2. The summed E-state index contributed by atoms with van der Waals surface area (Å²) < 4.78 is 4.93. The van der Waals surface area contributed by atoms with E-state index in [1.54, 1.807) is 18.2 Å². The van der Waals surface area contributed by atoms with Crippen molar-refractivity contribution in [3.63, 3.8) is 0 Å². The van der Waals surface area contributed by atoms with Gasteiger partial charge in [-0.1, -0.05) is 30.3 Å². The Hall–Kier alpha value is -2.16. The van der Waals surface area contributed by atoms with Crippen molar-refractivity contribution in [3.8, 4) is 0 Å². The topological polar surface area (TPSA) is 47.3 Å². The van der Waals surface area contributed by atoms with Gasteiger partial charge in [0.15, 0.2) is 17.8 Å². The fourth-order valence-corrected chi connectivity index (χ4v) is 1.50. The number of rotatable bonds is 4. The van der Waals surface area contributed by atoms with Crippen molar-refractivity contribution in [2.24, 2.45) is 0 Å². The normalized spacial score (nSPS) is 10.0. The number of furan rings is 1. The van der Waals surface area contributed by atoms with Crippen LogP contribution in [0.25, 0.3) is 0 Å². The minimum Gasteiger partial charge on any atom is -0.461 e. The summed E-state index contributed by atoms with van der Waals surface area (Å²) in [5.74, 6) is 0.203. The van der Waals surface area contributed by atoms with E-state index in [1.807, 2.05) is 18.2 Å². The first kappa shape index (κ1) is 10.4. The minimum atomic E-state index is -0.0231. The molecule has 1 aromatic heterocycles. The summed E-state index contributed by atoms with van der Waals surface area (Å²) in [5, 5.41) is 0. The number of carbonyl (C=O) groups is 2. The van der Waals surface area contributed by atoms with E-state index in [0.29, 0.717) is 17.4 Å². The molecular weight excluding hydrogens is 204 g/mol. The maximum Gasteiger partial charge on any atom is 0.185 e. The third-order valence-corrected chi connectivity index (χ3v) is 2.33. The summed E-state index contributed by atoms with van der Waals surface area (Å²) in [4.78, 5) is 22.4. The smallest absolute Gasteiger partial charge is 0.185 e. The van der Waals surface area contributed by atoms with Gasteiger partial charge in [-0.3, -0.25) is 9.59 Å².